The first-order valence-electron chi connectivity index (χ1n) is 10.2. The molecular formula is C22H34N2O2. The van der Waals surface area contributed by atoms with Gasteiger partial charge in [-0.1, -0.05) is 36.2 Å². The highest BCUT2D eigenvalue weighted by Gasteiger charge is 2.33. The molecule has 4 heteroatoms. The highest BCUT2D eigenvalue weighted by Crippen LogP contribution is 2.30. The van der Waals surface area contributed by atoms with Crippen LogP contribution in [0.2, 0.25) is 0 Å². The molecule has 0 saturated carbocycles. The molecule has 0 spiro atoms. The maximum absolute atomic E-state index is 12.6. The molecule has 0 aromatic heterocycles. The molecule has 0 N–H and O–H groups in total. The van der Waals surface area contributed by atoms with Gasteiger partial charge in [-0.15, -0.1) is 0 Å². The molecule has 1 aromatic carbocycles. The van der Waals surface area contributed by atoms with Crippen molar-refractivity contribution in [1.29, 1.82) is 0 Å². The summed E-state index contributed by atoms with van der Waals surface area (Å²) in [5.41, 5.74) is 2.37. The van der Waals surface area contributed by atoms with E-state index in [2.05, 4.69) is 41.0 Å². The molecule has 0 aliphatic carbocycles. The SMILES string of the molecule is COCCN1CCCCC1C1CCN(C(=O)Cc2ccc(C)cc2)CC1. The van der Waals surface area contributed by atoms with Crippen molar-refractivity contribution < 1.29 is 9.53 Å². The van der Waals surface area contributed by atoms with E-state index in [1.165, 1.54) is 31.4 Å². The molecule has 1 amide bonds. The van der Waals surface area contributed by atoms with E-state index in [1.807, 2.05) is 0 Å². The Morgan fingerprint density at radius 2 is 1.81 bits per heavy atom. The summed E-state index contributed by atoms with van der Waals surface area (Å²) in [7, 11) is 1.79. The molecule has 1 atom stereocenters. The third-order valence-electron chi connectivity index (χ3n) is 6.16. The molecule has 2 saturated heterocycles. The van der Waals surface area contributed by atoms with Gasteiger partial charge in [-0.25, -0.2) is 0 Å². The first-order valence-corrected chi connectivity index (χ1v) is 10.2. The minimum atomic E-state index is 0.284. The second-order valence-corrected chi connectivity index (χ2v) is 7.97. The van der Waals surface area contributed by atoms with Gasteiger partial charge in [0.05, 0.1) is 13.0 Å². The Kier molecular flexibility index (Phi) is 7.09. The first kappa shape index (κ1) is 19.4. The Hall–Kier alpha value is -1.39. The summed E-state index contributed by atoms with van der Waals surface area (Å²) in [6.45, 7) is 7.00. The van der Waals surface area contributed by atoms with Crippen LogP contribution in [0.25, 0.3) is 0 Å². The molecule has 2 aliphatic heterocycles. The number of carbonyl (C=O) groups is 1. The number of aryl methyl sites for hydroxylation is 1. The van der Waals surface area contributed by atoms with Gasteiger partial charge in [0.1, 0.15) is 0 Å². The lowest BCUT2D eigenvalue weighted by molar-refractivity contribution is -0.132. The Balaban J connectivity index is 1.49. The van der Waals surface area contributed by atoms with Crippen molar-refractivity contribution in [3.05, 3.63) is 35.4 Å². The summed E-state index contributed by atoms with van der Waals surface area (Å²) in [6.07, 6.45) is 6.80. The number of rotatable bonds is 6. The Morgan fingerprint density at radius 3 is 2.50 bits per heavy atom. The van der Waals surface area contributed by atoms with Gasteiger partial charge in [-0.2, -0.15) is 0 Å². The summed E-state index contributed by atoms with van der Waals surface area (Å²) in [6, 6.07) is 9.03. The van der Waals surface area contributed by atoms with Crippen LogP contribution in [0.3, 0.4) is 0 Å². The standard InChI is InChI=1S/C22H34N2O2/c1-18-6-8-19(9-7-18)17-22(25)24-13-10-20(11-14-24)21-5-3-4-12-23(21)15-16-26-2/h6-9,20-21H,3-5,10-17H2,1-2H3. The van der Waals surface area contributed by atoms with E-state index in [0.717, 1.165) is 50.6 Å². The molecule has 0 bridgehead atoms. The number of carbonyl (C=O) groups excluding carboxylic acids is 1. The number of methoxy groups -OCH3 is 1. The fourth-order valence-electron chi connectivity index (χ4n) is 4.56. The van der Waals surface area contributed by atoms with E-state index in [4.69, 9.17) is 4.74 Å². The Labute approximate surface area is 158 Å². The molecule has 2 fully saturated rings. The molecule has 26 heavy (non-hydrogen) atoms. The van der Waals surface area contributed by atoms with Crippen LogP contribution < -0.4 is 0 Å². The van der Waals surface area contributed by atoms with Crippen molar-refractivity contribution >= 4 is 5.91 Å². The van der Waals surface area contributed by atoms with Crippen LogP contribution >= 0.6 is 0 Å². The third kappa shape index (κ3) is 5.08. The van der Waals surface area contributed by atoms with Gasteiger partial charge in [0.25, 0.3) is 0 Å². The monoisotopic (exact) mass is 358 g/mol. The number of benzene rings is 1. The van der Waals surface area contributed by atoms with Gasteiger partial charge in [-0.05, 0) is 50.6 Å². The van der Waals surface area contributed by atoms with Crippen LogP contribution in [0.4, 0.5) is 0 Å². The average Bonchev–Trinajstić information content (AvgIpc) is 2.68. The fourth-order valence-corrected chi connectivity index (χ4v) is 4.56. The normalized spacial score (nSPS) is 22.5. The highest BCUT2D eigenvalue weighted by molar-refractivity contribution is 5.78. The zero-order valence-electron chi connectivity index (χ0n) is 16.5. The minimum absolute atomic E-state index is 0.284. The summed E-state index contributed by atoms with van der Waals surface area (Å²) in [4.78, 5) is 17.4. The van der Waals surface area contributed by atoms with E-state index in [9.17, 15) is 4.79 Å². The lowest BCUT2D eigenvalue weighted by atomic mass is 9.83. The number of hydrogen-bond acceptors (Lipinski definition) is 3. The van der Waals surface area contributed by atoms with Gasteiger partial charge in [0, 0.05) is 32.8 Å². The van der Waals surface area contributed by atoms with Crippen LogP contribution in [0.5, 0.6) is 0 Å². The maximum Gasteiger partial charge on any atom is 0.226 e. The first-order chi connectivity index (χ1) is 12.7. The summed E-state index contributed by atoms with van der Waals surface area (Å²) < 4.78 is 5.30. The smallest absolute Gasteiger partial charge is 0.226 e. The highest BCUT2D eigenvalue weighted by atomic mass is 16.5. The predicted molar refractivity (Wildman–Crippen MR) is 105 cm³/mol. The van der Waals surface area contributed by atoms with Gasteiger partial charge in [-0.3, -0.25) is 9.69 Å². The minimum Gasteiger partial charge on any atom is -0.383 e. The van der Waals surface area contributed by atoms with Crippen molar-refractivity contribution in [2.45, 2.75) is 51.5 Å². The van der Waals surface area contributed by atoms with Gasteiger partial charge >= 0.3 is 0 Å². The van der Waals surface area contributed by atoms with Crippen LogP contribution in [0.1, 0.15) is 43.2 Å². The molecule has 144 valence electrons. The van der Waals surface area contributed by atoms with Gasteiger partial charge in [0.2, 0.25) is 5.91 Å². The fraction of sp³-hybridized carbons (Fsp3) is 0.682. The molecule has 0 radical (unpaired) electrons. The molecule has 1 aromatic rings. The number of hydrogen-bond donors (Lipinski definition) is 0. The van der Waals surface area contributed by atoms with E-state index < -0.39 is 0 Å². The van der Waals surface area contributed by atoms with E-state index in [-0.39, 0.29) is 5.91 Å². The van der Waals surface area contributed by atoms with Crippen molar-refractivity contribution in [3.63, 3.8) is 0 Å². The van der Waals surface area contributed by atoms with Crippen molar-refractivity contribution in [2.24, 2.45) is 5.92 Å². The van der Waals surface area contributed by atoms with Crippen LogP contribution in [0.15, 0.2) is 24.3 Å². The molecule has 2 aliphatic rings. The zero-order valence-corrected chi connectivity index (χ0v) is 16.5. The average molecular weight is 359 g/mol. The Morgan fingerprint density at radius 1 is 1.08 bits per heavy atom. The van der Waals surface area contributed by atoms with Crippen LogP contribution in [-0.4, -0.2) is 61.6 Å². The molecular weight excluding hydrogens is 324 g/mol. The van der Waals surface area contributed by atoms with E-state index in [1.54, 1.807) is 7.11 Å². The van der Waals surface area contributed by atoms with Crippen LogP contribution in [-0.2, 0) is 16.0 Å². The summed E-state index contributed by atoms with van der Waals surface area (Å²) >= 11 is 0. The van der Waals surface area contributed by atoms with Crippen molar-refractivity contribution in [3.8, 4) is 0 Å². The van der Waals surface area contributed by atoms with E-state index >= 15 is 0 Å². The number of piperidine rings is 2. The molecule has 3 rings (SSSR count). The number of likely N-dealkylation sites (tertiary alicyclic amines) is 2. The quantitative estimate of drug-likeness (QED) is 0.782. The van der Waals surface area contributed by atoms with Crippen molar-refractivity contribution in [1.82, 2.24) is 9.80 Å². The zero-order chi connectivity index (χ0) is 18.4. The number of amides is 1. The summed E-state index contributed by atoms with van der Waals surface area (Å²) in [5, 5.41) is 0. The molecule has 4 nitrogen and oxygen atoms in total. The third-order valence-corrected chi connectivity index (χ3v) is 6.16. The second kappa shape index (κ2) is 9.52. The Bertz CT molecular complexity index is 564. The lowest BCUT2D eigenvalue weighted by Gasteiger charge is -2.43. The van der Waals surface area contributed by atoms with Crippen LogP contribution in [0, 0.1) is 12.8 Å². The largest absolute Gasteiger partial charge is 0.383 e. The topological polar surface area (TPSA) is 32.8 Å². The number of nitrogens with zero attached hydrogens (tertiary/aromatic N) is 2. The number of ether oxygens (including phenoxy) is 1. The predicted octanol–water partition coefficient (Wildman–Crippen LogP) is 3.28. The van der Waals surface area contributed by atoms with Crippen molar-refractivity contribution in [2.75, 3.05) is 39.9 Å². The maximum atomic E-state index is 12.6. The lowest BCUT2D eigenvalue weighted by Crippen LogP contribution is -2.49. The second-order valence-electron chi connectivity index (χ2n) is 7.97. The molecule has 1 unspecified atom stereocenters. The van der Waals surface area contributed by atoms with Gasteiger partial charge < -0.3 is 9.64 Å². The van der Waals surface area contributed by atoms with Gasteiger partial charge in [0.15, 0.2) is 0 Å². The van der Waals surface area contributed by atoms with E-state index in [0.29, 0.717) is 12.5 Å². The summed E-state index contributed by atoms with van der Waals surface area (Å²) in [5.74, 6) is 1.02. The molecule has 2 heterocycles.